The molecule has 0 atom stereocenters. The van der Waals surface area contributed by atoms with Gasteiger partial charge in [0.05, 0.1) is 15.7 Å². The SMILES string of the molecule is Clc1nc(Nc2c(Cl)cccc2Cl)nc(-n2cccn2)n1. The number of halogens is 3. The molecule has 0 spiro atoms. The Bertz CT molecular complexity index is 754. The Balaban J connectivity index is 2.00. The minimum absolute atomic E-state index is 0.0289. The summed E-state index contributed by atoms with van der Waals surface area (Å²) in [4.78, 5) is 12.2. The van der Waals surface area contributed by atoms with Crippen molar-refractivity contribution in [1.29, 1.82) is 0 Å². The van der Waals surface area contributed by atoms with E-state index in [-0.39, 0.29) is 17.2 Å². The van der Waals surface area contributed by atoms with Crippen LogP contribution in [0.2, 0.25) is 15.3 Å². The summed E-state index contributed by atoms with van der Waals surface area (Å²) in [5.41, 5.74) is 0.495. The van der Waals surface area contributed by atoms with E-state index in [0.29, 0.717) is 15.7 Å². The first-order chi connectivity index (χ1) is 10.1. The van der Waals surface area contributed by atoms with E-state index in [9.17, 15) is 0 Å². The summed E-state index contributed by atoms with van der Waals surface area (Å²) in [6, 6.07) is 6.89. The van der Waals surface area contributed by atoms with Gasteiger partial charge in [-0.3, -0.25) is 0 Å². The van der Waals surface area contributed by atoms with Gasteiger partial charge in [0.25, 0.3) is 5.95 Å². The van der Waals surface area contributed by atoms with Crippen LogP contribution >= 0.6 is 34.8 Å². The van der Waals surface area contributed by atoms with Crippen LogP contribution in [0, 0.1) is 0 Å². The maximum Gasteiger partial charge on any atom is 0.256 e. The van der Waals surface area contributed by atoms with E-state index in [4.69, 9.17) is 34.8 Å². The van der Waals surface area contributed by atoms with Crippen LogP contribution in [0.5, 0.6) is 0 Å². The van der Waals surface area contributed by atoms with E-state index in [2.05, 4.69) is 25.4 Å². The first-order valence-electron chi connectivity index (χ1n) is 5.76. The Morgan fingerprint density at radius 3 is 2.38 bits per heavy atom. The summed E-state index contributed by atoms with van der Waals surface area (Å²) < 4.78 is 1.47. The van der Waals surface area contributed by atoms with Crippen LogP contribution in [0.4, 0.5) is 11.6 Å². The number of aromatic nitrogens is 5. The predicted octanol–water partition coefficient (Wildman–Crippen LogP) is 3.76. The Morgan fingerprint density at radius 2 is 1.71 bits per heavy atom. The predicted molar refractivity (Wildman–Crippen MR) is 81.7 cm³/mol. The fourth-order valence-corrected chi connectivity index (χ4v) is 2.26. The van der Waals surface area contributed by atoms with Crippen LogP contribution in [0.1, 0.15) is 0 Å². The molecule has 2 heterocycles. The van der Waals surface area contributed by atoms with Crippen LogP contribution in [-0.4, -0.2) is 24.7 Å². The number of nitrogens with one attached hydrogen (secondary N) is 1. The van der Waals surface area contributed by atoms with Gasteiger partial charge in [-0.15, -0.1) is 0 Å². The molecule has 0 radical (unpaired) electrons. The third-order valence-corrected chi connectivity index (χ3v) is 3.30. The van der Waals surface area contributed by atoms with Crippen LogP contribution in [-0.2, 0) is 0 Å². The Hall–Kier alpha value is -1.89. The second-order valence-electron chi connectivity index (χ2n) is 3.90. The minimum Gasteiger partial charge on any atom is -0.321 e. The van der Waals surface area contributed by atoms with Crippen molar-refractivity contribution in [2.45, 2.75) is 0 Å². The summed E-state index contributed by atoms with van der Waals surface area (Å²) in [7, 11) is 0. The molecule has 9 heteroatoms. The lowest BCUT2D eigenvalue weighted by molar-refractivity contribution is 0.798. The summed E-state index contributed by atoms with van der Waals surface area (Å²) in [5.74, 6) is 0.501. The van der Waals surface area contributed by atoms with E-state index in [1.807, 2.05) is 0 Å². The van der Waals surface area contributed by atoms with Crippen molar-refractivity contribution in [3.63, 3.8) is 0 Å². The molecule has 2 aromatic heterocycles. The Labute approximate surface area is 134 Å². The third kappa shape index (κ3) is 3.07. The molecule has 1 aromatic carbocycles. The molecule has 21 heavy (non-hydrogen) atoms. The summed E-state index contributed by atoms with van der Waals surface area (Å²) in [5, 5.41) is 7.89. The van der Waals surface area contributed by atoms with Gasteiger partial charge in [0.15, 0.2) is 0 Å². The highest BCUT2D eigenvalue weighted by Crippen LogP contribution is 2.31. The number of nitrogens with zero attached hydrogens (tertiary/aromatic N) is 5. The van der Waals surface area contributed by atoms with Crippen molar-refractivity contribution in [3.8, 4) is 5.95 Å². The molecule has 0 aliphatic rings. The molecule has 0 aliphatic heterocycles. The maximum absolute atomic E-state index is 6.09. The second kappa shape index (κ2) is 5.85. The normalized spacial score (nSPS) is 10.6. The lowest BCUT2D eigenvalue weighted by atomic mass is 10.3. The van der Waals surface area contributed by atoms with Gasteiger partial charge in [0, 0.05) is 12.4 Å². The fraction of sp³-hybridized carbons (Fsp3) is 0. The van der Waals surface area contributed by atoms with Gasteiger partial charge in [0.2, 0.25) is 11.2 Å². The van der Waals surface area contributed by atoms with E-state index in [1.54, 1.807) is 36.7 Å². The van der Waals surface area contributed by atoms with Crippen molar-refractivity contribution in [2.75, 3.05) is 5.32 Å². The highest BCUT2D eigenvalue weighted by atomic mass is 35.5. The molecule has 0 aliphatic carbocycles. The topological polar surface area (TPSA) is 68.5 Å². The van der Waals surface area contributed by atoms with Gasteiger partial charge in [-0.05, 0) is 29.8 Å². The van der Waals surface area contributed by atoms with Gasteiger partial charge in [-0.25, -0.2) is 4.68 Å². The molecule has 6 nitrogen and oxygen atoms in total. The summed E-state index contributed by atoms with van der Waals surface area (Å²) in [6.07, 6.45) is 3.30. The zero-order valence-electron chi connectivity index (χ0n) is 10.3. The molecule has 0 saturated heterocycles. The van der Waals surface area contributed by atoms with Crippen LogP contribution < -0.4 is 5.32 Å². The number of hydrogen-bond donors (Lipinski definition) is 1. The molecular formula is C12H7Cl3N6. The number of anilines is 2. The molecule has 0 fully saturated rings. The second-order valence-corrected chi connectivity index (χ2v) is 5.05. The van der Waals surface area contributed by atoms with Gasteiger partial charge in [-0.2, -0.15) is 20.1 Å². The molecule has 106 valence electrons. The van der Waals surface area contributed by atoms with Crippen LogP contribution in [0.15, 0.2) is 36.7 Å². The summed E-state index contributed by atoms with van der Waals surface area (Å²) >= 11 is 18.1. The lowest BCUT2D eigenvalue weighted by Gasteiger charge is -2.09. The smallest absolute Gasteiger partial charge is 0.256 e. The zero-order chi connectivity index (χ0) is 14.8. The molecular weight excluding hydrogens is 335 g/mol. The van der Waals surface area contributed by atoms with Crippen LogP contribution in [0.25, 0.3) is 5.95 Å². The fourth-order valence-electron chi connectivity index (χ4n) is 1.61. The van der Waals surface area contributed by atoms with Gasteiger partial charge < -0.3 is 5.32 Å². The molecule has 0 unspecified atom stereocenters. The average Bonchev–Trinajstić information content (AvgIpc) is 2.97. The van der Waals surface area contributed by atoms with Crippen molar-refractivity contribution in [1.82, 2.24) is 24.7 Å². The highest BCUT2D eigenvalue weighted by Gasteiger charge is 2.11. The van der Waals surface area contributed by atoms with E-state index >= 15 is 0 Å². The van der Waals surface area contributed by atoms with Gasteiger partial charge >= 0.3 is 0 Å². The minimum atomic E-state index is 0.0289. The van der Waals surface area contributed by atoms with E-state index < -0.39 is 0 Å². The van der Waals surface area contributed by atoms with Crippen molar-refractivity contribution >= 4 is 46.4 Å². The Morgan fingerprint density at radius 1 is 0.952 bits per heavy atom. The Kier molecular flexibility index (Phi) is 3.92. The highest BCUT2D eigenvalue weighted by molar-refractivity contribution is 6.39. The third-order valence-electron chi connectivity index (χ3n) is 2.51. The first kappa shape index (κ1) is 14.1. The molecule has 0 bridgehead atoms. The van der Waals surface area contributed by atoms with E-state index in [0.717, 1.165) is 0 Å². The van der Waals surface area contributed by atoms with Crippen molar-refractivity contribution in [2.24, 2.45) is 0 Å². The number of rotatable bonds is 3. The van der Waals surface area contributed by atoms with E-state index in [1.165, 1.54) is 4.68 Å². The number of para-hydroxylation sites is 1. The molecule has 3 aromatic rings. The quantitative estimate of drug-likeness (QED) is 0.785. The zero-order valence-corrected chi connectivity index (χ0v) is 12.6. The standard InChI is InChI=1S/C12H7Cl3N6/c13-7-3-1-4-8(14)9(7)17-11-18-10(15)19-12(20-11)21-6-2-5-16-21/h1-6H,(H,17,18,19,20). The van der Waals surface area contributed by atoms with Gasteiger partial charge in [0.1, 0.15) is 0 Å². The maximum atomic E-state index is 6.09. The molecule has 0 amide bonds. The molecule has 0 saturated carbocycles. The number of hydrogen-bond acceptors (Lipinski definition) is 5. The van der Waals surface area contributed by atoms with Crippen molar-refractivity contribution < 1.29 is 0 Å². The number of benzene rings is 1. The first-order valence-corrected chi connectivity index (χ1v) is 6.89. The van der Waals surface area contributed by atoms with Crippen LogP contribution in [0.3, 0.4) is 0 Å². The monoisotopic (exact) mass is 340 g/mol. The summed E-state index contributed by atoms with van der Waals surface area (Å²) in [6.45, 7) is 0. The van der Waals surface area contributed by atoms with Gasteiger partial charge in [-0.1, -0.05) is 29.3 Å². The molecule has 1 N–H and O–H groups in total. The molecule has 3 rings (SSSR count). The largest absolute Gasteiger partial charge is 0.321 e. The van der Waals surface area contributed by atoms with Crippen molar-refractivity contribution in [3.05, 3.63) is 52.0 Å². The average molecular weight is 342 g/mol. The lowest BCUT2D eigenvalue weighted by Crippen LogP contribution is -2.07.